The van der Waals surface area contributed by atoms with Crippen molar-refractivity contribution in [2.45, 2.75) is 19.3 Å². The minimum absolute atomic E-state index is 0.366. The fourth-order valence-corrected chi connectivity index (χ4v) is 2.11. The SMILES string of the molecule is COCCC1(CNc2cccc(C#N)c2N)CC1. The first-order valence-electron chi connectivity index (χ1n) is 6.22. The van der Waals surface area contributed by atoms with Crippen LogP contribution in [0.15, 0.2) is 18.2 Å². The molecule has 1 aromatic rings. The maximum atomic E-state index is 8.93. The molecular formula is C14H19N3O. The van der Waals surface area contributed by atoms with Gasteiger partial charge in [0.2, 0.25) is 0 Å². The molecule has 3 N–H and O–H groups in total. The molecule has 0 bridgehead atoms. The Morgan fingerprint density at radius 1 is 1.50 bits per heavy atom. The Morgan fingerprint density at radius 2 is 2.28 bits per heavy atom. The Balaban J connectivity index is 1.97. The number of nitrogen functional groups attached to an aromatic ring is 1. The van der Waals surface area contributed by atoms with Gasteiger partial charge in [-0.15, -0.1) is 0 Å². The van der Waals surface area contributed by atoms with E-state index in [2.05, 4.69) is 11.4 Å². The van der Waals surface area contributed by atoms with Gasteiger partial charge in [0.1, 0.15) is 6.07 Å². The van der Waals surface area contributed by atoms with E-state index in [0.29, 0.717) is 16.7 Å². The minimum Gasteiger partial charge on any atom is -0.396 e. The van der Waals surface area contributed by atoms with E-state index in [4.69, 9.17) is 15.7 Å². The molecule has 1 saturated carbocycles. The van der Waals surface area contributed by atoms with Crippen molar-refractivity contribution in [3.8, 4) is 6.07 Å². The molecule has 0 spiro atoms. The average molecular weight is 245 g/mol. The number of methoxy groups -OCH3 is 1. The van der Waals surface area contributed by atoms with Crippen molar-refractivity contribution < 1.29 is 4.74 Å². The predicted octanol–water partition coefficient (Wildman–Crippen LogP) is 2.37. The molecule has 0 atom stereocenters. The van der Waals surface area contributed by atoms with Crippen LogP contribution in [0, 0.1) is 16.7 Å². The monoisotopic (exact) mass is 245 g/mol. The second kappa shape index (κ2) is 5.28. The van der Waals surface area contributed by atoms with Crippen LogP contribution in [0.4, 0.5) is 11.4 Å². The molecule has 1 aromatic carbocycles. The molecular weight excluding hydrogens is 226 g/mol. The zero-order valence-electron chi connectivity index (χ0n) is 10.7. The number of hydrogen-bond acceptors (Lipinski definition) is 4. The third kappa shape index (κ3) is 2.74. The number of ether oxygens (including phenoxy) is 1. The van der Waals surface area contributed by atoms with Gasteiger partial charge in [0, 0.05) is 20.3 Å². The van der Waals surface area contributed by atoms with Crippen molar-refractivity contribution in [3.05, 3.63) is 23.8 Å². The zero-order chi connectivity index (χ0) is 13.0. The van der Waals surface area contributed by atoms with Gasteiger partial charge in [0.15, 0.2) is 0 Å². The summed E-state index contributed by atoms with van der Waals surface area (Å²) in [4.78, 5) is 0. The van der Waals surface area contributed by atoms with Crippen LogP contribution in [0.1, 0.15) is 24.8 Å². The Bertz CT molecular complexity index is 461. The van der Waals surface area contributed by atoms with Crippen LogP contribution >= 0.6 is 0 Å². The van der Waals surface area contributed by atoms with E-state index in [1.165, 1.54) is 12.8 Å². The van der Waals surface area contributed by atoms with Gasteiger partial charge in [0.05, 0.1) is 16.9 Å². The first-order valence-corrected chi connectivity index (χ1v) is 6.22. The van der Waals surface area contributed by atoms with Crippen molar-refractivity contribution in [2.24, 2.45) is 5.41 Å². The van der Waals surface area contributed by atoms with E-state index in [9.17, 15) is 0 Å². The number of nitrogens with zero attached hydrogens (tertiary/aromatic N) is 1. The van der Waals surface area contributed by atoms with Gasteiger partial charge in [-0.1, -0.05) is 6.07 Å². The van der Waals surface area contributed by atoms with E-state index < -0.39 is 0 Å². The van der Waals surface area contributed by atoms with E-state index >= 15 is 0 Å². The lowest BCUT2D eigenvalue weighted by molar-refractivity contribution is 0.175. The summed E-state index contributed by atoms with van der Waals surface area (Å²) in [5.74, 6) is 0. The highest BCUT2D eigenvalue weighted by Gasteiger charge is 2.41. The highest BCUT2D eigenvalue weighted by Crippen LogP contribution is 2.48. The summed E-state index contributed by atoms with van der Waals surface area (Å²) < 4.78 is 5.13. The molecule has 4 nitrogen and oxygen atoms in total. The quantitative estimate of drug-likeness (QED) is 0.755. The van der Waals surface area contributed by atoms with Crippen molar-refractivity contribution in [1.29, 1.82) is 5.26 Å². The zero-order valence-corrected chi connectivity index (χ0v) is 10.7. The lowest BCUT2D eigenvalue weighted by atomic mass is 10.0. The van der Waals surface area contributed by atoms with Gasteiger partial charge in [-0.25, -0.2) is 0 Å². The number of nitrogens with one attached hydrogen (secondary N) is 1. The van der Waals surface area contributed by atoms with Crippen LogP contribution in [0.2, 0.25) is 0 Å². The summed E-state index contributed by atoms with van der Waals surface area (Å²) in [6.45, 7) is 1.70. The first-order chi connectivity index (χ1) is 8.71. The molecule has 18 heavy (non-hydrogen) atoms. The van der Waals surface area contributed by atoms with E-state index in [1.54, 1.807) is 13.2 Å². The molecule has 96 valence electrons. The molecule has 1 aliphatic rings. The summed E-state index contributed by atoms with van der Waals surface area (Å²) in [6, 6.07) is 7.60. The van der Waals surface area contributed by atoms with Crippen LogP contribution in [0.5, 0.6) is 0 Å². The topological polar surface area (TPSA) is 71.1 Å². The largest absolute Gasteiger partial charge is 0.396 e. The summed E-state index contributed by atoms with van der Waals surface area (Å²) >= 11 is 0. The summed E-state index contributed by atoms with van der Waals surface area (Å²) in [7, 11) is 1.73. The lowest BCUT2D eigenvalue weighted by Gasteiger charge is -2.17. The summed E-state index contributed by atoms with van der Waals surface area (Å²) in [6.07, 6.45) is 3.55. The molecule has 1 aliphatic carbocycles. The minimum atomic E-state index is 0.366. The van der Waals surface area contributed by atoms with E-state index in [-0.39, 0.29) is 0 Å². The molecule has 0 aliphatic heterocycles. The first kappa shape index (κ1) is 12.7. The Morgan fingerprint density at radius 3 is 2.89 bits per heavy atom. The van der Waals surface area contributed by atoms with E-state index in [1.807, 2.05) is 12.1 Å². The molecule has 0 amide bonds. The average Bonchev–Trinajstić information content (AvgIpc) is 3.16. The summed E-state index contributed by atoms with van der Waals surface area (Å²) in [5.41, 5.74) is 8.23. The highest BCUT2D eigenvalue weighted by molar-refractivity contribution is 5.72. The Hall–Kier alpha value is -1.73. The van der Waals surface area contributed by atoms with Crippen LogP contribution in [-0.2, 0) is 4.74 Å². The van der Waals surface area contributed by atoms with Crippen molar-refractivity contribution in [2.75, 3.05) is 31.3 Å². The fourth-order valence-electron chi connectivity index (χ4n) is 2.11. The standard InChI is InChI=1S/C14H19N3O/c1-18-8-7-14(5-6-14)10-17-12-4-2-3-11(9-15)13(12)16/h2-4,17H,5-8,10,16H2,1H3. The molecule has 1 fully saturated rings. The molecule has 2 rings (SSSR count). The number of rotatable bonds is 6. The van der Waals surface area contributed by atoms with Gasteiger partial charge in [-0.3, -0.25) is 0 Å². The maximum Gasteiger partial charge on any atom is 0.101 e. The van der Waals surface area contributed by atoms with Crippen molar-refractivity contribution in [1.82, 2.24) is 0 Å². The molecule has 4 heteroatoms. The van der Waals surface area contributed by atoms with Gasteiger partial charge >= 0.3 is 0 Å². The Kier molecular flexibility index (Phi) is 3.73. The summed E-state index contributed by atoms with van der Waals surface area (Å²) in [5, 5.41) is 12.3. The van der Waals surface area contributed by atoms with Crippen LogP contribution in [-0.4, -0.2) is 20.3 Å². The van der Waals surface area contributed by atoms with Crippen molar-refractivity contribution in [3.63, 3.8) is 0 Å². The van der Waals surface area contributed by atoms with Gasteiger partial charge < -0.3 is 15.8 Å². The predicted molar refractivity (Wildman–Crippen MR) is 72.2 cm³/mol. The number of hydrogen-bond donors (Lipinski definition) is 2. The third-order valence-electron chi connectivity index (χ3n) is 3.67. The molecule has 0 unspecified atom stereocenters. The second-order valence-electron chi connectivity index (χ2n) is 4.97. The number of nitriles is 1. The van der Waals surface area contributed by atoms with E-state index in [0.717, 1.165) is 25.3 Å². The van der Waals surface area contributed by atoms with Crippen LogP contribution < -0.4 is 11.1 Å². The highest BCUT2D eigenvalue weighted by atomic mass is 16.5. The Labute approximate surface area is 108 Å². The van der Waals surface area contributed by atoms with Gasteiger partial charge in [0.25, 0.3) is 0 Å². The molecule has 0 aromatic heterocycles. The molecule has 0 saturated heterocycles. The smallest absolute Gasteiger partial charge is 0.101 e. The van der Waals surface area contributed by atoms with Crippen LogP contribution in [0.25, 0.3) is 0 Å². The fraction of sp³-hybridized carbons (Fsp3) is 0.500. The maximum absolute atomic E-state index is 8.93. The molecule has 0 heterocycles. The van der Waals surface area contributed by atoms with Crippen LogP contribution in [0.3, 0.4) is 0 Å². The molecule has 0 radical (unpaired) electrons. The number of anilines is 2. The second-order valence-corrected chi connectivity index (χ2v) is 4.97. The number of para-hydroxylation sites is 1. The third-order valence-corrected chi connectivity index (χ3v) is 3.67. The number of benzene rings is 1. The van der Waals surface area contributed by atoms with Crippen molar-refractivity contribution >= 4 is 11.4 Å². The normalized spacial score (nSPS) is 16.0. The lowest BCUT2D eigenvalue weighted by Crippen LogP contribution is -2.18. The van der Waals surface area contributed by atoms with Gasteiger partial charge in [-0.05, 0) is 36.8 Å². The number of nitrogens with two attached hydrogens (primary N) is 1. The van der Waals surface area contributed by atoms with Gasteiger partial charge in [-0.2, -0.15) is 5.26 Å².